The van der Waals surface area contributed by atoms with Crippen molar-refractivity contribution in [3.8, 4) is 0 Å². The zero-order chi connectivity index (χ0) is 29.5. The number of nitrogens with one attached hydrogen (secondary N) is 2. The summed E-state index contributed by atoms with van der Waals surface area (Å²) in [6.45, 7) is 3.24. The van der Waals surface area contributed by atoms with Gasteiger partial charge in [-0.1, -0.05) is 35.9 Å². The lowest BCUT2D eigenvalue weighted by atomic mass is 10.1. The number of carbonyl (C=O) groups is 3. The highest BCUT2D eigenvalue weighted by atomic mass is 19.4. The Hall–Kier alpha value is -4.03. The van der Waals surface area contributed by atoms with Gasteiger partial charge >= 0.3 is 6.18 Å². The van der Waals surface area contributed by atoms with E-state index in [1.807, 2.05) is 30.3 Å². The first-order chi connectivity index (χ1) is 19.0. The van der Waals surface area contributed by atoms with Gasteiger partial charge < -0.3 is 27.0 Å². The third kappa shape index (κ3) is 11.4. The fourth-order valence-electron chi connectivity index (χ4n) is 3.59. The first-order valence-corrected chi connectivity index (χ1v) is 12.8. The molecule has 0 bridgehead atoms. The van der Waals surface area contributed by atoms with Gasteiger partial charge in [0, 0.05) is 44.4 Å². The van der Waals surface area contributed by atoms with E-state index in [-0.39, 0.29) is 37.1 Å². The van der Waals surface area contributed by atoms with Crippen molar-refractivity contribution >= 4 is 34.3 Å². The number of nitrogens with two attached hydrogens (primary N) is 2. The average Bonchev–Trinajstić information content (AvgIpc) is 2.92. The van der Waals surface area contributed by atoms with E-state index in [9.17, 15) is 27.6 Å². The number of alkyl halides is 3. The number of pyridine rings is 1. The molecule has 0 aliphatic carbocycles. The monoisotopic (exact) mass is 560 g/mol. The minimum atomic E-state index is -4.21. The second-order valence-electron chi connectivity index (χ2n) is 8.92. The molecule has 12 heteroatoms. The Morgan fingerprint density at radius 2 is 1.57 bits per heavy atom. The van der Waals surface area contributed by atoms with E-state index in [0.717, 1.165) is 28.6 Å². The van der Waals surface area contributed by atoms with Crippen LogP contribution in [0, 0.1) is 6.92 Å². The van der Waals surface area contributed by atoms with Crippen LogP contribution >= 0.6 is 0 Å². The number of rotatable bonds is 11. The Labute approximate surface area is 231 Å². The minimum Gasteiger partial charge on any atom is -0.347 e. The molecule has 0 saturated carbocycles. The van der Waals surface area contributed by atoms with E-state index in [1.54, 1.807) is 18.0 Å². The number of nitrogens with zero attached hydrogens (tertiary/aromatic N) is 2. The van der Waals surface area contributed by atoms with E-state index < -0.39 is 11.7 Å². The molecule has 40 heavy (non-hydrogen) atoms. The van der Waals surface area contributed by atoms with Crippen LogP contribution in [0.15, 0.2) is 60.8 Å². The van der Waals surface area contributed by atoms with Gasteiger partial charge in [0.15, 0.2) is 0 Å². The van der Waals surface area contributed by atoms with Gasteiger partial charge in [0.2, 0.25) is 17.7 Å². The van der Waals surface area contributed by atoms with Crippen LogP contribution in [0.25, 0.3) is 10.9 Å². The van der Waals surface area contributed by atoms with Crippen LogP contribution < -0.4 is 22.1 Å². The van der Waals surface area contributed by atoms with Crippen molar-refractivity contribution in [2.45, 2.75) is 32.4 Å². The van der Waals surface area contributed by atoms with E-state index in [1.165, 1.54) is 12.1 Å². The summed E-state index contributed by atoms with van der Waals surface area (Å²) < 4.78 is 35.8. The number of hydrogen-bond acceptors (Lipinski definition) is 6. The van der Waals surface area contributed by atoms with Gasteiger partial charge in [0.25, 0.3) is 0 Å². The summed E-state index contributed by atoms with van der Waals surface area (Å²) in [4.78, 5) is 41.9. The smallest absolute Gasteiger partial charge is 0.347 e. The number of anilines is 1. The Morgan fingerprint density at radius 3 is 2.20 bits per heavy atom. The second kappa shape index (κ2) is 16.2. The highest BCUT2D eigenvalue weighted by Gasteiger charge is 2.29. The molecule has 0 aliphatic heterocycles. The number of halogens is 3. The summed E-state index contributed by atoms with van der Waals surface area (Å²) in [5.41, 5.74) is 12.6. The van der Waals surface area contributed by atoms with E-state index in [2.05, 4.69) is 15.6 Å². The molecular weight excluding hydrogens is 525 g/mol. The maximum atomic E-state index is 12.1. The first-order valence-electron chi connectivity index (χ1n) is 12.8. The lowest BCUT2D eigenvalue weighted by molar-refractivity contribution is -0.137. The molecule has 0 radical (unpaired) electrons. The summed E-state index contributed by atoms with van der Waals surface area (Å²) >= 11 is 0. The third-order valence-corrected chi connectivity index (χ3v) is 5.64. The van der Waals surface area contributed by atoms with Crippen molar-refractivity contribution < 1.29 is 27.6 Å². The number of hydrogen-bond donors (Lipinski definition) is 4. The summed E-state index contributed by atoms with van der Waals surface area (Å²) in [5.74, 6) is -0.701. The van der Waals surface area contributed by atoms with E-state index in [4.69, 9.17) is 11.5 Å². The van der Waals surface area contributed by atoms with Crippen LogP contribution in [0.5, 0.6) is 0 Å². The molecule has 3 aromatic rings. The standard InChI is InChI=1S/C20H28N6O3.C8H7F3/c21-8-10-26(11-9-22)20(29)7-3-6-18(27)24-14-19(28)25-16-12-15-4-1-2-5-17(15)23-13-16;1-6-2-4-7(5-3-6)8(9,10)11/h1-2,4-5,12-13H,3,6-11,14,21-22H2,(H,24,27)(H,25,28);2-5H,1H3. The van der Waals surface area contributed by atoms with Crippen LogP contribution in [-0.4, -0.2) is 60.3 Å². The Kier molecular flexibility index (Phi) is 13.0. The second-order valence-corrected chi connectivity index (χ2v) is 8.92. The molecule has 3 amide bonds. The molecule has 216 valence electrons. The lowest BCUT2D eigenvalue weighted by Crippen LogP contribution is -2.38. The van der Waals surface area contributed by atoms with Crippen LogP contribution in [0.3, 0.4) is 0 Å². The summed E-state index contributed by atoms with van der Waals surface area (Å²) in [6.07, 6.45) is -1.85. The molecule has 3 rings (SSSR count). The van der Waals surface area contributed by atoms with Crippen LogP contribution in [-0.2, 0) is 20.6 Å². The quantitative estimate of drug-likeness (QED) is 0.284. The fraction of sp³-hybridized carbons (Fsp3) is 0.357. The molecule has 1 aromatic heterocycles. The highest BCUT2D eigenvalue weighted by molar-refractivity contribution is 5.96. The molecule has 0 atom stereocenters. The zero-order valence-corrected chi connectivity index (χ0v) is 22.3. The number of fused-ring (bicyclic) bond motifs is 1. The van der Waals surface area contributed by atoms with Crippen molar-refractivity contribution in [3.05, 3.63) is 71.9 Å². The maximum Gasteiger partial charge on any atom is 0.416 e. The number of benzene rings is 2. The van der Waals surface area contributed by atoms with Crippen molar-refractivity contribution in [2.75, 3.05) is 38.0 Å². The van der Waals surface area contributed by atoms with E-state index >= 15 is 0 Å². The topological polar surface area (TPSA) is 143 Å². The molecular formula is C28H35F3N6O3. The number of aromatic nitrogens is 1. The van der Waals surface area contributed by atoms with Gasteiger partial charge in [-0.05, 0) is 37.6 Å². The van der Waals surface area contributed by atoms with Crippen molar-refractivity contribution in [1.82, 2.24) is 15.2 Å². The van der Waals surface area contributed by atoms with E-state index in [0.29, 0.717) is 38.3 Å². The zero-order valence-electron chi connectivity index (χ0n) is 22.3. The third-order valence-electron chi connectivity index (χ3n) is 5.64. The number of carbonyl (C=O) groups excluding carboxylic acids is 3. The summed E-state index contributed by atoms with van der Waals surface area (Å²) in [6, 6.07) is 14.5. The molecule has 0 saturated heterocycles. The van der Waals surface area contributed by atoms with Crippen molar-refractivity contribution in [2.24, 2.45) is 11.5 Å². The molecule has 6 N–H and O–H groups in total. The molecule has 9 nitrogen and oxygen atoms in total. The Bertz CT molecular complexity index is 1250. The fourth-order valence-corrected chi connectivity index (χ4v) is 3.59. The molecule has 0 fully saturated rings. The molecule has 0 spiro atoms. The SMILES string of the molecule is Cc1ccc(C(F)(F)F)cc1.NCCN(CCN)C(=O)CCCC(=O)NCC(=O)Nc1cnc2ccccc2c1. The van der Waals surface area contributed by atoms with Crippen molar-refractivity contribution in [3.63, 3.8) is 0 Å². The van der Waals surface area contributed by atoms with Gasteiger partial charge in [-0.2, -0.15) is 13.2 Å². The first kappa shape index (κ1) is 32.2. The Morgan fingerprint density at radius 1 is 0.925 bits per heavy atom. The van der Waals surface area contributed by atoms with Gasteiger partial charge in [-0.15, -0.1) is 0 Å². The van der Waals surface area contributed by atoms with Crippen LogP contribution in [0.4, 0.5) is 18.9 Å². The predicted molar refractivity (Wildman–Crippen MR) is 148 cm³/mol. The van der Waals surface area contributed by atoms with Crippen molar-refractivity contribution in [1.29, 1.82) is 0 Å². The van der Waals surface area contributed by atoms with Gasteiger partial charge in [0.1, 0.15) is 0 Å². The number of para-hydroxylation sites is 1. The highest BCUT2D eigenvalue weighted by Crippen LogP contribution is 2.28. The predicted octanol–water partition coefficient (Wildman–Crippen LogP) is 3.22. The average molecular weight is 561 g/mol. The van der Waals surface area contributed by atoms with Gasteiger partial charge in [-0.25, -0.2) is 0 Å². The summed E-state index contributed by atoms with van der Waals surface area (Å²) in [7, 11) is 0. The lowest BCUT2D eigenvalue weighted by Gasteiger charge is -2.21. The number of amides is 3. The summed E-state index contributed by atoms with van der Waals surface area (Å²) in [5, 5.41) is 6.18. The largest absolute Gasteiger partial charge is 0.416 e. The van der Waals surface area contributed by atoms with Crippen LogP contribution in [0.2, 0.25) is 0 Å². The normalized spacial score (nSPS) is 10.8. The van der Waals surface area contributed by atoms with Gasteiger partial charge in [0.05, 0.1) is 29.5 Å². The van der Waals surface area contributed by atoms with Crippen LogP contribution in [0.1, 0.15) is 30.4 Å². The molecule has 0 aliphatic rings. The Balaban J connectivity index is 0.000000425. The minimum absolute atomic E-state index is 0.0738. The molecule has 1 heterocycles. The number of aryl methyl sites for hydroxylation is 1. The maximum absolute atomic E-state index is 12.1. The van der Waals surface area contributed by atoms with Gasteiger partial charge in [-0.3, -0.25) is 19.4 Å². The molecule has 2 aromatic carbocycles. The molecule has 0 unspecified atom stereocenters.